The summed E-state index contributed by atoms with van der Waals surface area (Å²) in [5.41, 5.74) is 5.21. The Morgan fingerprint density at radius 1 is 0.824 bits per heavy atom. The first-order chi connectivity index (χ1) is 15.8. The van der Waals surface area contributed by atoms with Crippen LogP contribution in [0.5, 0.6) is 11.5 Å². The second kappa shape index (κ2) is 13.8. The molecule has 0 spiro atoms. The van der Waals surface area contributed by atoms with E-state index in [1.165, 1.54) is 56.9 Å². The van der Waals surface area contributed by atoms with Crippen LogP contribution in [0.3, 0.4) is 0 Å². The van der Waals surface area contributed by atoms with E-state index >= 15 is 0 Å². The SMILES string of the molecule is CC.Cc1c(C)c2c(c(C)c1O)CC[C@@H](CCCC(C)(C)CCCC(C)(C)CCCC(C)C)O2. The maximum absolute atomic E-state index is 10.4. The minimum absolute atomic E-state index is 0.320. The van der Waals surface area contributed by atoms with Crippen molar-refractivity contribution in [2.75, 3.05) is 0 Å². The summed E-state index contributed by atoms with van der Waals surface area (Å²) in [6.07, 6.45) is 14.2. The van der Waals surface area contributed by atoms with E-state index in [0.29, 0.717) is 22.7 Å². The molecule has 1 aliphatic rings. The Labute approximate surface area is 213 Å². The Kier molecular flexibility index (Phi) is 12.5. The summed E-state index contributed by atoms with van der Waals surface area (Å²) in [5.74, 6) is 2.33. The molecular weight excluding hydrogens is 416 g/mol. The highest BCUT2D eigenvalue weighted by Crippen LogP contribution is 2.42. The molecule has 0 aliphatic carbocycles. The first kappa shape index (κ1) is 30.9. The molecular formula is C32H58O2. The van der Waals surface area contributed by atoms with Crippen molar-refractivity contribution in [2.45, 2.75) is 153 Å². The predicted octanol–water partition coefficient (Wildman–Crippen LogP) is 10.3. The van der Waals surface area contributed by atoms with Gasteiger partial charge >= 0.3 is 0 Å². The summed E-state index contributed by atoms with van der Waals surface area (Å²) in [7, 11) is 0. The fraction of sp³-hybridized carbons (Fsp3) is 0.812. The van der Waals surface area contributed by atoms with Crippen molar-refractivity contribution < 1.29 is 9.84 Å². The summed E-state index contributed by atoms with van der Waals surface area (Å²) < 4.78 is 6.46. The van der Waals surface area contributed by atoms with E-state index in [2.05, 4.69) is 48.5 Å². The molecule has 198 valence electrons. The maximum atomic E-state index is 10.4. The molecule has 2 nitrogen and oxygen atoms in total. The van der Waals surface area contributed by atoms with Gasteiger partial charge in [-0.15, -0.1) is 0 Å². The normalized spacial score (nSPS) is 16.1. The van der Waals surface area contributed by atoms with E-state index in [4.69, 9.17) is 4.74 Å². The van der Waals surface area contributed by atoms with Gasteiger partial charge in [0.05, 0.1) is 6.10 Å². The van der Waals surface area contributed by atoms with Crippen LogP contribution in [-0.4, -0.2) is 11.2 Å². The van der Waals surface area contributed by atoms with Gasteiger partial charge in [0, 0.05) is 5.56 Å². The van der Waals surface area contributed by atoms with Crippen molar-refractivity contribution in [2.24, 2.45) is 16.7 Å². The molecule has 0 aromatic heterocycles. The van der Waals surface area contributed by atoms with Crippen molar-refractivity contribution in [1.82, 2.24) is 0 Å². The quantitative estimate of drug-likeness (QED) is 0.326. The highest BCUT2D eigenvalue weighted by atomic mass is 16.5. The lowest BCUT2D eigenvalue weighted by Gasteiger charge is -2.32. The van der Waals surface area contributed by atoms with Gasteiger partial charge in [-0.2, -0.15) is 0 Å². The number of hydrogen-bond acceptors (Lipinski definition) is 2. The van der Waals surface area contributed by atoms with Gasteiger partial charge in [0.2, 0.25) is 0 Å². The highest BCUT2D eigenvalue weighted by Gasteiger charge is 2.27. The van der Waals surface area contributed by atoms with Crippen LogP contribution in [-0.2, 0) is 6.42 Å². The zero-order chi connectivity index (χ0) is 26.1. The van der Waals surface area contributed by atoms with Crippen LogP contribution in [0.15, 0.2) is 0 Å². The van der Waals surface area contributed by atoms with Crippen LogP contribution in [0.25, 0.3) is 0 Å². The molecule has 1 aliphatic heterocycles. The summed E-state index contributed by atoms with van der Waals surface area (Å²) >= 11 is 0. The molecule has 0 radical (unpaired) electrons. The number of phenolic OH excluding ortho intramolecular Hbond substituents is 1. The van der Waals surface area contributed by atoms with Crippen LogP contribution in [0.4, 0.5) is 0 Å². The van der Waals surface area contributed by atoms with Gasteiger partial charge in [0.1, 0.15) is 11.5 Å². The van der Waals surface area contributed by atoms with E-state index in [-0.39, 0.29) is 0 Å². The smallest absolute Gasteiger partial charge is 0.126 e. The Hall–Kier alpha value is -1.18. The molecule has 0 unspecified atom stereocenters. The summed E-state index contributed by atoms with van der Waals surface area (Å²) in [4.78, 5) is 0. The third-order valence-corrected chi connectivity index (χ3v) is 8.06. The monoisotopic (exact) mass is 474 g/mol. The number of hydrogen-bond donors (Lipinski definition) is 1. The Morgan fingerprint density at radius 2 is 1.35 bits per heavy atom. The van der Waals surface area contributed by atoms with Crippen LogP contribution in [0.2, 0.25) is 0 Å². The molecule has 34 heavy (non-hydrogen) atoms. The number of ether oxygens (including phenoxy) is 1. The van der Waals surface area contributed by atoms with Gasteiger partial charge in [0.15, 0.2) is 0 Å². The fourth-order valence-electron chi connectivity index (χ4n) is 5.46. The zero-order valence-electron chi connectivity index (χ0n) is 24.8. The zero-order valence-corrected chi connectivity index (χ0v) is 24.8. The number of phenols is 1. The fourth-order valence-corrected chi connectivity index (χ4v) is 5.46. The van der Waals surface area contributed by atoms with Crippen molar-refractivity contribution in [3.63, 3.8) is 0 Å². The van der Waals surface area contributed by atoms with Crippen molar-refractivity contribution in [1.29, 1.82) is 0 Å². The van der Waals surface area contributed by atoms with Crippen molar-refractivity contribution in [3.8, 4) is 11.5 Å². The standard InChI is InChI=1S/C30H52O2.C2H6/c1-21(2)13-10-17-29(6,7)19-12-20-30(8,9)18-11-14-25-15-16-26-24(5)27(31)22(3)23(4)28(26)32-25;1-2/h21,25,31H,10-20H2,1-9H3;1-2H3/t25-;/m1./s1. The van der Waals surface area contributed by atoms with Crippen LogP contribution >= 0.6 is 0 Å². The maximum Gasteiger partial charge on any atom is 0.126 e. The van der Waals surface area contributed by atoms with E-state index < -0.39 is 0 Å². The number of benzene rings is 1. The predicted molar refractivity (Wildman–Crippen MR) is 150 cm³/mol. The second-order valence-corrected chi connectivity index (χ2v) is 12.7. The molecule has 0 saturated heterocycles. The molecule has 0 amide bonds. The first-order valence-electron chi connectivity index (χ1n) is 14.3. The number of rotatable bonds is 12. The van der Waals surface area contributed by atoms with Gasteiger partial charge in [0.25, 0.3) is 0 Å². The van der Waals surface area contributed by atoms with Crippen LogP contribution < -0.4 is 4.74 Å². The molecule has 1 heterocycles. The van der Waals surface area contributed by atoms with E-state index in [1.54, 1.807) is 0 Å². The van der Waals surface area contributed by atoms with Crippen LogP contribution in [0, 0.1) is 37.5 Å². The molecule has 1 N–H and O–H groups in total. The largest absolute Gasteiger partial charge is 0.507 e. The lowest BCUT2D eigenvalue weighted by atomic mass is 9.77. The molecule has 1 aromatic carbocycles. The van der Waals surface area contributed by atoms with E-state index in [1.807, 2.05) is 27.7 Å². The minimum atomic E-state index is 0.320. The lowest BCUT2D eigenvalue weighted by Crippen LogP contribution is -2.25. The summed E-state index contributed by atoms with van der Waals surface area (Å²) in [6, 6.07) is 0. The summed E-state index contributed by atoms with van der Waals surface area (Å²) in [5, 5.41) is 10.4. The Bertz CT molecular complexity index is 742. The van der Waals surface area contributed by atoms with E-state index in [9.17, 15) is 5.11 Å². The Balaban J connectivity index is 0.00000281. The molecule has 0 fully saturated rings. The molecule has 1 aromatic rings. The topological polar surface area (TPSA) is 29.5 Å². The van der Waals surface area contributed by atoms with Crippen molar-refractivity contribution in [3.05, 3.63) is 22.3 Å². The molecule has 2 heteroatoms. The molecule has 0 saturated carbocycles. The lowest BCUT2D eigenvalue weighted by molar-refractivity contribution is 0.150. The number of aromatic hydroxyl groups is 1. The molecule has 1 atom stereocenters. The van der Waals surface area contributed by atoms with Gasteiger partial charge in [-0.05, 0) is 106 Å². The third-order valence-electron chi connectivity index (χ3n) is 8.06. The minimum Gasteiger partial charge on any atom is -0.507 e. The average Bonchev–Trinajstić information content (AvgIpc) is 2.76. The van der Waals surface area contributed by atoms with Gasteiger partial charge in [-0.25, -0.2) is 0 Å². The first-order valence-corrected chi connectivity index (χ1v) is 14.3. The molecule has 0 bridgehead atoms. The highest BCUT2D eigenvalue weighted by molar-refractivity contribution is 5.58. The van der Waals surface area contributed by atoms with Crippen LogP contribution in [0.1, 0.15) is 142 Å². The average molecular weight is 475 g/mol. The Morgan fingerprint density at radius 3 is 1.91 bits per heavy atom. The third kappa shape index (κ3) is 9.46. The van der Waals surface area contributed by atoms with E-state index in [0.717, 1.165) is 47.6 Å². The van der Waals surface area contributed by atoms with Gasteiger partial charge in [-0.3, -0.25) is 0 Å². The van der Waals surface area contributed by atoms with Gasteiger partial charge < -0.3 is 9.84 Å². The van der Waals surface area contributed by atoms with Gasteiger partial charge in [-0.1, -0.05) is 74.7 Å². The molecule has 2 rings (SSSR count). The second-order valence-electron chi connectivity index (χ2n) is 12.7. The van der Waals surface area contributed by atoms with Crippen molar-refractivity contribution >= 4 is 0 Å². The number of fused-ring (bicyclic) bond motifs is 1. The summed E-state index contributed by atoms with van der Waals surface area (Å²) in [6.45, 7) is 24.6.